The molecule has 0 aliphatic heterocycles. The van der Waals surface area contributed by atoms with Crippen LogP contribution in [0.3, 0.4) is 0 Å². The molecule has 0 aromatic rings. The van der Waals surface area contributed by atoms with Gasteiger partial charge in [-0.2, -0.15) is 0 Å². The van der Waals surface area contributed by atoms with Crippen molar-refractivity contribution in [3.05, 3.63) is 0 Å². The molecule has 4 amide bonds. The molecule has 59 heavy (non-hydrogen) atoms. The fraction of sp³-hybridized carbons (Fsp3) is 0.750. The molecule has 4 atom stereocenters. The molecule has 0 fully saturated rings. The Morgan fingerprint density at radius 1 is 0.339 bits per heavy atom. The van der Waals surface area contributed by atoms with Crippen LogP contribution in [0.4, 0.5) is 0 Å². The predicted molar refractivity (Wildman–Crippen MR) is 212 cm³/mol. The zero-order valence-electron chi connectivity index (χ0n) is 34.0. The molecule has 0 heterocycles. The summed E-state index contributed by atoms with van der Waals surface area (Å²) in [6.45, 7) is 0. The Labute approximate surface area is 345 Å². The number of aliphatic carboxylic acids is 5. The lowest BCUT2D eigenvalue weighted by Crippen LogP contribution is -2.45. The summed E-state index contributed by atoms with van der Waals surface area (Å²) in [7, 11) is 0. The average Bonchev–Trinajstić information content (AvgIpc) is 3.16. The van der Waals surface area contributed by atoms with Gasteiger partial charge in [-0.3, -0.25) is 28.8 Å². The summed E-state index contributed by atoms with van der Waals surface area (Å²) >= 11 is 0. The standard InChI is InChI=1S/C40H65N4O15/c45-27-17-18-28(37(52)53)41-33(47)24-22-30(39(56)57)43-35(49)26-23-31(40(58)59)44-34(48)25-21-29(38(54)55)42-32(46)19-15-13-11-9-7-5-3-1-2-4-6-8-10-12-14-16-20-36(50)51/h28-31H,1-26H2,(H,41,47)(H,42,46)(H,43,49)(H,44,48)(H,50,51)(H,52,53)(H,54,55)(H,56,57)(H,58,59)/t28-,29-,30-,31-/m0/s1. The van der Waals surface area contributed by atoms with Gasteiger partial charge in [0.05, 0.1) is 0 Å². The normalized spacial score (nSPS) is 12.9. The van der Waals surface area contributed by atoms with Gasteiger partial charge in [-0.15, -0.1) is 0 Å². The van der Waals surface area contributed by atoms with Crippen LogP contribution >= 0.6 is 0 Å². The highest BCUT2D eigenvalue weighted by Gasteiger charge is 2.27. The quantitative estimate of drug-likeness (QED) is 0.0399. The van der Waals surface area contributed by atoms with Gasteiger partial charge >= 0.3 is 29.8 Å². The summed E-state index contributed by atoms with van der Waals surface area (Å²) in [5.41, 5.74) is 0. The van der Waals surface area contributed by atoms with Crippen LogP contribution in [-0.2, 0) is 47.9 Å². The molecule has 0 spiro atoms. The van der Waals surface area contributed by atoms with Gasteiger partial charge in [0.25, 0.3) is 0 Å². The second kappa shape index (κ2) is 33.8. The van der Waals surface area contributed by atoms with Crippen molar-refractivity contribution in [2.45, 2.75) is 191 Å². The van der Waals surface area contributed by atoms with Crippen LogP contribution in [0.15, 0.2) is 0 Å². The third-order valence-corrected chi connectivity index (χ3v) is 9.59. The Morgan fingerprint density at radius 2 is 0.576 bits per heavy atom. The molecule has 0 aromatic carbocycles. The van der Waals surface area contributed by atoms with E-state index >= 15 is 0 Å². The van der Waals surface area contributed by atoms with E-state index in [1.54, 1.807) is 0 Å². The Morgan fingerprint density at radius 3 is 0.831 bits per heavy atom. The van der Waals surface area contributed by atoms with Gasteiger partial charge in [0, 0.05) is 38.5 Å². The molecule has 0 saturated carbocycles. The minimum absolute atomic E-state index is 0.115. The van der Waals surface area contributed by atoms with E-state index in [1.807, 2.05) is 0 Å². The van der Waals surface area contributed by atoms with E-state index in [2.05, 4.69) is 21.3 Å². The molecule has 19 heteroatoms. The fourth-order valence-electron chi connectivity index (χ4n) is 6.16. The highest BCUT2D eigenvalue weighted by atomic mass is 16.4. The first-order valence-electron chi connectivity index (χ1n) is 20.7. The monoisotopic (exact) mass is 841 g/mol. The number of unbranched alkanes of at least 4 members (excludes halogenated alkanes) is 15. The number of amides is 4. The van der Waals surface area contributed by atoms with E-state index in [9.17, 15) is 63.3 Å². The number of nitrogens with one attached hydrogen (secondary N) is 4. The molecule has 19 nitrogen and oxygen atoms in total. The second-order valence-corrected chi connectivity index (χ2v) is 14.7. The number of rotatable bonds is 39. The van der Waals surface area contributed by atoms with E-state index in [1.165, 1.54) is 44.8 Å². The fourth-order valence-corrected chi connectivity index (χ4v) is 6.16. The number of carboxylic acid groups (broad SMARTS) is 5. The molecule has 0 aliphatic rings. The van der Waals surface area contributed by atoms with Crippen molar-refractivity contribution in [3.8, 4) is 0 Å². The van der Waals surface area contributed by atoms with Crippen LogP contribution < -0.4 is 21.3 Å². The third kappa shape index (κ3) is 30.6. The Hall–Kier alpha value is -5.10. The van der Waals surface area contributed by atoms with Crippen LogP contribution in [0.2, 0.25) is 0 Å². The van der Waals surface area contributed by atoms with Gasteiger partial charge in [-0.25, -0.2) is 19.2 Å². The van der Waals surface area contributed by atoms with Crippen molar-refractivity contribution >= 4 is 59.8 Å². The van der Waals surface area contributed by atoms with Crippen molar-refractivity contribution < 1.29 is 73.5 Å². The Bertz CT molecular complexity index is 1340. The number of carbonyl (C=O) groups excluding carboxylic acids is 5. The van der Waals surface area contributed by atoms with Gasteiger partial charge in [-0.1, -0.05) is 89.9 Å². The number of carboxylic acids is 5. The first kappa shape index (κ1) is 53.9. The SMILES string of the molecule is O=[C]CC[C@H](NC(=O)CC[C@H](NC(=O)CC[C@H](NC(=O)CC[C@H](NC(=O)CCCCCCCCCCCCCCCCCCC(=O)O)C(=O)O)C(=O)O)C(=O)O)C(=O)O. The zero-order valence-corrected chi connectivity index (χ0v) is 34.0. The average molecular weight is 842 g/mol. The molecule has 1 radical (unpaired) electrons. The number of hydrogen-bond acceptors (Lipinski definition) is 10. The maximum absolute atomic E-state index is 12.5. The van der Waals surface area contributed by atoms with E-state index in [0.717, 1.165) is 57.8 Å². The van der Waals surface area contributed by atoms with E-state index in [-0.39, 0.29) is 32.1 Å². The number of hydrogen-bond donors (Lipinski definition) is 9. The Balaban J connectivity index is 4.37. The molecular weight excluding hydrogens is 776 g/mol. The summed E-state index contributed by atoms with van der Waals surface area (Å²) in [5.74, 6) is -9.62. The molecule has 0 unspecified atom stereocenters. The maximum atomic E-state index is 12.5. The van der Waals surface area contributed by atoms with Crippen LogP contribution in [0.25, 0.3) is 0 Å². The molecule has 0 rings (SSSR count). The van der Waals surface area contributed by atoms with Crippen molar-refractivity contribution in [2.75, 3.05) is 0 Å². The summed E-state index contributed by atoms with van der Waals surface area (Å²) in [6.07, 6.45) is 15.6. The molecule has 335 valence electrons. The van der Waals surface area contributed by atoms with Gasteiger partial charge in [0.15, 0.2) is 6.29 Å². The summed E-state index contributed by atoms with van der Waals surface area (Å²) in [4.78, 5) is 117. The van der Waals surface area contributed by atoms with Crippen LogP contribution in [0, 0.1) is 0 Å². The lowest BCUT2D eigenvalue weighted by Gasteiger charge is -2.18. The topological polar surface area (TPSA) is 320 Å². The van der Waals surface area contributed by atoms with E-state index < -0.39 is 110 Å². The Kier molecular flexibility index (Phi) is 30.9. The molecule has 0 aromatic heterocycles. The van der Waals surface area contributed by atoms with Gasteiger partial charge in [-0.05, 0) is 38.5 Å². The smallest absolute Gasteiger partial charge is 0.326 e. The minimum Gasteiger partial charge on any atom is -0.481 e. The van der Waals surface area contributed by atoms with Gasteiger partial charge in [0.2, 0.25) is 23.6 Å². The first-order chi connectivity index (χ1) is 28.1. The molecule has 0 aliphatic carbocycles. The highest BCUT2D eigenvalue weighted by molar-refractivity contribution is 5.88. The summed E-state index contributed by atoms with van der Waals surface area (Å²) in [5, 5.41) is 55.2. The summed E-state index contributed by atoms with van der Waals surface area (Å²) in [6, 6.07) is -5.97. The van der Waals surface area contributed by atoms with E-state index in [4.69, 9.17) is 10.2 Å². The largest absolute Gasteiger partial charge is 0.481 e. The van der Waals surface area contributed by atoms with Crippen LogP contribution in [-0.4, -0.2) is 109 Å². The first-order valence-corrected chi connectivity index (χ1v) is 20.7. The van der Waals surface area contributed by atoms with Crippen molar-refractivity contribution in [2.24, 2.45) is 0 Å². The molecule has 9 N–H and O–H groups in total. The predicted octanol–water partition coefficient (Wildman–Crippen LogP) is 3.60. The van der Waals surface area contributed by atoms with Crippen LogP contribution in [0.5, 0.6) is 0 Å². The lowest BCUT2D eigenvalue weighted by molar-refractivity contribution is -0.144. The molecular formula is C40H65N4O15. The van der Waals surface area contributed by atoms with E-state index in [0.29, 0.717) is 6.42 Å². The second-order valence-electron chi connectivity index (χ2n) is 14.7. The molecule has 0 bridgehead atoms. The zero-order chi connectivity index (χ0) is 44.4. The summed E-state index contributed by atoms with van der Waals surface area (Å²) < 4.78 is 0. The third-order valence-electron chi connectivity index (χ3n) is 9.59. The number of carbonyl (C=O) groups is 9. The maximum Gasteiger partial charge on any atom is 0.326 e. The van der Waals surface area contributed by atoms with Gasteiger partial charge in [0.1, 0.15) is 24.2 Å². The van der Waals surface area contributed by atoms with Crippen molar-refractivity contribution in [1.29, 1.82) is 0 Å². The minimum atomic E-state index is -1.59. The van der Waals surface area contributed by atoms with Gasteiger partial charge < -0.3 is 46.8 Å². The molecule has 0 saturated heterocycles. The van der Waals surface area contributed by atoms with Crippen molar-refractivity contribution in [1.82, 2.24) is 21.3 Å². The van der Waals surface area contributed by atoms with Crippen molar-refractivity contribution in [3.63, 3.8) is 0 Å². The highest BCUT2D eigenvalue weighted by Crippen LogP contribution is 2.15. The van der Waals surface area contributed by atoms with Crippen LogP contribution in [0.1, 0.15) is 167 Å². The lowest BCUT2D eigenvalue weighted by atomic mass is 10.0.